The van der Waals surface area contributed by atoms with Crippen molar-refractivity contribution in [2.45, 2.75) is 0 Å². The number of carbonyl (C=O) groups is 1. The highest BCUT2D eigenvalue weighted by Crippen LogP contribution is 1.89. The second-order valence-corrected chi connectivity index (χ2v) is 1.65. The number of carbonyl (C=O) groups excluding carboxylic acids is 1. The minimum Gasteiger partial charge on any atom is -1.00 e. The van der Waals surface area contributed by atoms with Crippen LogP contribution >= 0.6 is 0 Å². The second kappa shape index (κ2) is 4.00. The molecular formula is C6H7BrN2O. The molecule has 0 spiro atoms. The summed E-state index contributed by atoms with van der Waals surface area (Å²) in [6.07, 6.45) is 3.31. The SMILES string of the molecule is NC(=O)c1cc[nH+]cc1.[Br-]. The molecule has 4 heteroatoms. The van der Waals surface area contributed by atoms with Gasteiger partial charge >= 0.3 is 0 Å². The number of primary amides is 1. The lowest BCUT2D eigenvalue weighted by molar-refractivity contribution is -0.378. The van der Waals surface area contributed by atoms with Crippen LogP contribution in [-0.4, -0.2) is 5.91 Å². The third kappa shape index (κ3) is 2.14. The van der Waals surface area contributed by atoms with E-state index in [4.69, 9.17) is 5.73 Å². The first-order chi connectivity index (χ1) is 4.30. The molecule has 0 bridgehead atoms. The van der Waals surface area contributed by atoms with Crippen LogP contribution in [-0.2, 0) is 0 Å². The zero-order valence-electron chi connectivity index (χ0n) is 5.17. The second-order valence-electron chi connectivity index (χ2n) is 1.65. The summed E-state index contributed by atoms with van der Waals surface area (Å²) in [5.41, 5.74) is 5.48. The number of nitrogens with one attached hydrogen (secondary N) is 1. The molecule has 0 atom stereocenters. The van der Waals surface area contributed by atoms with E-state index in [1.165, 1.54) is 0 Å². The standard InChI is InChI=1S/C6H6N2O.BrH/c7-6(9)5-1-3-8-4-2-5;/h1-4H,(H2,7,9);1H. The molecule has 1 amide bonds. The van der Waals surface area contributed by atoms with Gasteiger partial charge in [0.2, 0.25) is 5.91 Å². The first kappa shape index (κ1) is 9.10. The van der Waals surface area contributed by atoms with Crippen molar-refractivity contribution in [2.75, 3.05) is 0 Å². The monoisotopic (exact) mass is 202 g/mol. The van der Waals surface area contributed by atoms with Gasteiger partial charge in [-0.25, -0.2) is 4.98 Å². The number of pyridine rings is 1. The van der Waals surface area contributed by atoms with Crippen LogP contribution in [0.1, 0.15) is 10.4 Å². The highest BCUT2D eigenvalue weighted by Gasteiger charge is 1.97. The van der Waals surface area contributed by atoms with Gasteiger partial charge in [-0.2, -0.15) is 0 Å². The Morgan fingerprint density at radius 1 is 1.40 bits per heavy atom. The van der Waals surface area contributed by atoms with Gasteiger partial charge in [0, 0.05) is 12.1 Å². The first-order valence-electron chi connectivity index (χ1n) is 2.56. The maximum absolute atomic E-state index is 10.4. The normalized spacial score (nSPS) is 8.00. The molecule has 0 fully saturated rings. The number of aromatic amines is 1. The maximum Gasteiger partial charge on any atom is 0.249 e. The van der Waals surface area contributed by atoms with Crippen molar-refractivity contribution < 1.29 is 26.8 Å². The summed E-state index contributed by atoms with van der Waals surface area (Å²) in [5, 5.41) is 0. The molecule has 0 saturated carbocycles. The van der Waals surface area contributed by atoms with Crippen molar-refractivity contribution in [1.82, 2.24) is 0 Å². The Morgan fingerprint density at radius 3 is 2.20 bits per heavy atom. The topological polar surface area (TPSA) is 57.2 Å². The highest BCUT2D eigenvalue weighted by molar-refractivity contribution is 5.92. The predicted octanol–water partition coefficient (Wildman–Crippen LogP) is -3.40. The van der Waals surface area contributed by atoms with Crippen LogP contribution in [0.15, 0.2) is 24.5 Å². The van der Waals surface area contributed by atoms with Crippen LogP contribution in [0.2, 0.25) is 0 Å². The number of aromatic nitrogens is 1. The fraction of sp³-hybridized carbons (Fsp3) is 0. The molecule has 0 radical (unpaired) electrons. The molecule has 54 valence electrons. The predicted molar refractivity (Wildman–Crippen MR) is 31.5 cm³/mol. The zero-order chi connectivity index (χ0) is 6.69. The van der Waals surface area contributed by atoms with Crippen LogP contribution in [0.4, 0.5) is 0 Å². The van der Waals surface area contributed by atoms with E-state index in [0.29, 0.717) is 5.56 Å². The van der Waals surface area contributed by atoms with Gasteiger partial charge in [0.05, 0.1) is 5.56 Å². The Labute approximate surface area is 69.0 Å². The van der Waals surface area contributed by atoms with Crippen LogP contribution in [0.5, 0.6) is 0 Å². The number of rotatable bonds is 1. The van der Waals surface area contributed by atoms with E-state index >= 15 is 0 Å². The van der Waals surface area contributed by atoms with E-state index in [9.17, 15) is 4.79 Å². The Kier molecular flexibility index (Phi) is 3.64. The molecule has 1 aromatic heterocycles. The van der Waals surface area contributed by atoms with E-state index in [-0.39, 0.29) is 17.0 Å². The number of hydrogen-bond acceptors (Lipinski definition) is 1. The third-order valence-corrected chi connectivity index (χ3v) is 1.00. The number of amides is 1. The average molecular weight is 203 g/mol. The van der Waals surface area contributed by atoms with Crippen molar-refractivity contribution >= 4 is 5.91 Å². The van der Waals surface area contributed by atoms with E-state index in [1.54, 1.807) is 24.5 Å². The summed E-state index contributed by atoms with van der Waals surface area (Å²) in [6.45, 7) is 0. The Balaban J connectivity index is 0.000000810. The number of halogens is 1. The molecule has 0 aliphatic rings. The summed E-state index contributed by atoms with van der Waals surface area (Å²) < 4.78 is 0. The smallest absolute Gasteiger partial charge is 0.249 e. The van der Waals surface area contributed by atoms with Crippen molar-refractivity contribution in [3.63, 3.8) is 0 Å². The van der Waals surface area contributed by atoms with Gasteiger partial charge in [-0.1, -0.05) is 0 Å². The minimum absolute atomic E-state index is 0. The van der Waals surface area contributed by atoms with Gasteiger partial charge in [0.25, 0.3) is 0 Å². The number of H-pyrrole nitrogens is 1. The van der Waals surface area contributed by atoms with E-state index in [2.05, 4.69) is 4.98 Å². The molecule has 3 nitrogen and oxygen atoms in total. The molecule has 0 aliphatic heterocycles. The van der Waals surface area contributed by atoms with Gasteiger partial charge < -0.3 is 22.7 Å². The van der Waals surface area contributed by atoms with Gasteiger partial charge in [0.15, 0.2) is 12.4 Å². The van der Waals surface area contributed by atoms with Gasteiger partial charge in [-0.3, -0.25) is 4.79 Å². The summed E-state index contributed by atoms with van der Waals surface area (Å²) in [4.78, 5) is 13.2. The average Bonchev–Trinajstić information content (AvgIpc) is 1.90. The van der Waals surface area contributed by atoms with E-state index < -0.39 is 5.91 Å². The van der Waals surface area contributed by atoms with E-state index in [0.717, 1.165) is 0 Å². The molecule has 0 aliphatic carbocycles. The fourth-order valence-electron chi connectivity index (χ4n) is 0.551. The van der Waals surface area contributed by atoms with Crippen LogP contribution in [0, 0.1) is 0 Å². The van der Waals surface area contributed by atoms with Crippen LogP contribution in [0.3, 0.4) is 0 Å². The lowest BCUT2D eigenvalue weighted by Crippen LogP contribution is -3.00. The minimum atomic E-state index is -0.399. The Morgan fingerprint density at radius 2 is 1.90 bits per heavy atom. The lowest BCUT2D eigenvalue weighted by Gasteiger charge is -1.85. The molecule has 0 unspecified atom stereocenters. The fourth-order valence-corrected chi connectivity index (χ4v) is 0.551. The third-order valence-electron chi connectivity index (χ3n) is 1.00. The molecule has 10 heavy (non-hydrogen) atoms. The number of nitrogens with two attached hydrogens (primary N) is 1. The molecule has 1 aromatic rings. The van der Waals surface area contributed by atoms with Crippen molar-refractivity contribution in [2.24, 2.45) is 5.73 Å². The Hall–Kier alpha value is -0.900. The van der Waals surface area contributed by atoms with Gasteiger partial charge in [0.1, 0.15) is 0 Å². The molecule has 1 rings (SSSR count). The summed E-state index contributed by atoms with van der Waals surface area (Å²) in [6, 6.07) is 3.25. The van der Waals surface area contributed by atoms with Crippen molar-refractivity contribution in [3.05, 3.63) is 30.1 Å². The maximum atomic E-state index is 10.4. The summed E-state index contributed by atoms with van der Waals surface area (Å²) in [5.74, 6) is -0.399. The molecule has 0 aromatic carbocycles. The molecular weight excluding hydrogens is 196 g/mol. The number of hydrogen-bond donors (Lipinski definition) is 1. The quantitative estimate of drug-likeness (QED) is 0.508. The first-order valence-corrected chi connectivity index (χ1v) is 2.56. The summed E-state index contributed by atoms with van der Waals surface area (Å²) >= 11 is 0. The Bertz CT molecular complexity index is 212. The largest absolute Gasteiger partial charge is 1.00 e. The highest BCUT2D eigenvalue weighted by atomic mass is 79.9. The van der Waals surface area contributed by atoms with Crippen molar-refractivity contribution in [3.8, 4) is 0 Å². The molecule has 3 N–H and O–H groups in total. The van der Waals surface area contributed by atoms with E-state index in [1.807, 2.05) is 0 Å². The molecule has 0 saturated heterocycles. The van der Waals surface area contributed by atoms with Crippen molar-refractivity contribution in [1.29, 1.82) is 0 Å². The summed E-state index contributed by atoms with van der Waals surface area (Å²) in [7, 11) is 0. The van der Waals surface area contributed by atoms with Gasteiger partial charge in [-0.05, 0) is 0 Å². The zero-order valence-corrected chi connectivity index (χ0v) is 6.76. The van der Waals surface area contributed by atoms with Crippen LogP contribution < -0.4 is 27.7 Å². The van der Waals surface area contributed by atoms with Crippen LogP contribution in [0.25, 0.3) is 0 Å². The molecule has 1 heterocycles. The van der Waals surface area contributed by atoms with Gasteiger partial charge in [-0.15, -0.1) is 0 Å². The lowest BCUT2D eigenvalue weighted by atomic mass is 10.3.